The predicted octanol–water partition coefficient (Wildman–Crippen LogP) is 6.12. The van der Waals surface area contributed by atoms with E-state index in [0.717, 1.165) is 36.5 Å². The van der Waals surface area contributed by atoms with Crippen LogP contribution in [0.15, 0.2) is 59.6 Å². The van der Waals surface area contributed by atoms with Crippen LogP contribution in [0.5, 0.6) is 0 Å². The van der Waals surface area contributed by atoms with Gasteiger partial charge in [-0.1, -0.05) is 26.0 Å². The highest BCUT2D eigenvalue weighted by Crippen LogP contribution is 2.46. The van der Waals surface area contributed by atoms with E-state index in [1.54, 1.807) is 6.07 Å². The van der Waals surface area contributed by atoms with Crippen LogP contribution in [0.4, 0.5) is 17.1 Å². The van der Waals surface area contributed by atoms with Crippen LogP contribution >= 0.6 is 0 Å². The van der Waals surface area contributed by atoms with Gasteiger partial charge in [0.15, 0.2) is 0 Å². The number of anilines is 2. The van der Waals surface area contributed by atoms with Crippen molar-refractivity contribution in [2.75, 3.05) is 44.1 Å². The number of aryl methyl sites for hydroxylation is 1. The smallest absolute Gasteiger partial charge is 0.337 e. The molecule has 5 nitrogen and oxygen atoms in total. The molecule has 5 heteroatoms. The zero-order valence-corrected chi connectivity index (χ0v) is 22.2. The summed E-state index contributed by atoms with van der Waals surface area (Å²) in [5, 5.41) is 0. The van der Waals surface area contributed by atoms with E-state index < -0.39 is 0 Å². The normalized spacial score (nSPS) is 16.7. The van der Waals surface area contributed by atoms with Crippen LogP contribution in [-0.4, -0.2) is 46.0 Å². The molecule has 0 spiro atoms. The molecule has 1 heterocycles. The SMILES string of the molecule is CCN1CCCc2cc3c(cc21)C(C)(C)c1cc(N(C)C)ccc1C3=Nc1cccc(C(=O)OC)c1. The van der Waals surface area contributed by atoms with E-state index in [1.807, 2.05) is 18.2 Å². The summed E-state index contributed by atoms with van der Waals surface area (Å²) < 4.78 is 4.94. The van der Waals surface area contributed by atoms with Gasteiger partial charge in [0.25, 0.3) is 0 Å². The number of nitrogens with zero attached hydrogens (tertiary/aromatic N) is 3. The molecule has 3 aromatic rings. The second-order valence-corrected chi connectivity index (χ2v) is 10.5. The summed E-state index contributed by atoms with van der Waals surface area (Å²) in [6, 6.07) is 18.8. The minimum absolute atomic E-state index is 0.185. The zero-order valence-electron chi connectivity index (χ0n) is 22.2. The number of ether oxygens (including phenoxy) is 1. The summed E-state index contributed by atoms with van der Waals surface area (Å²) in [5.41, 5.74) is 10.8. The molecule has 0 saturated carbocycles. The van der Waals surface area contributed by atoms with Crippen LogP contribution in [0, 0.1) is 0 Å². The van der Waals surface area contributed by atoms with Crippen molar-refractivity contribution in [1.82, 2.24) is 0 Å². The minimum atomic E-state index is -0.355. The Morgan fingerprint density at radius 2 is 1.83 bits per heavy atom. The second kappa shape index (κ2) is 9.12. The van der Waals surface area contributed by atoms with Crippen LogP contribution in [0.25, 0.3) is 0 Å². The van der Waals surface area contributed by atoms with E-state index in [4.69, 9.17) is 9.73 Å². The van der Waals surface area contributed by atoms with Crippen molar-refractivity contribution in [1.29, 1.82) is 0 Å². The number of methoxy groups -OCH3 is 1. The van der Waals surface area contributed by atoms with Crippen molar-refractivity contribution in [2.24, 2.45) is 4.99 Å². The number of rotatable bonds is 4. The van der Waals surface area contributed by atoms with Crippen LogP contribution < -0.4 is 9.80 Å². The summed E-state index contributed by atoms with van der Waals surface area (Å²) in [6.07, 6.45) is 2.25. The fourth-order valence-electron chi connectivity index (χ4n) is 5.64. The molecule has 36 heavy (non-hydrogen) atoms. The van der Waals surface area contributed by atoms with Crippen molar-refractivity contribution < 1.29 is 9.53 Å². The lowest BCUT2D eigenvalue weighted by Gasteiger charge is -2.39. The third-order valence-corrected chi connectivity index (χ3v) is 7.70. The first kappa shape index (κ1) is 24.1. The number of esters is 1. The van der Waals surface area contributed by atoms with Gasteiger partial charge in [-0.15, -0.1) is 0 Å². The number of carbonyl (C=O) groups excluding carboxylic acids is 1. The molecule has 0 fully saturated rings. The van der Waals surface area contributed by atoms with Gasteiger partial charge in [0.1, 0.15) is 0 Å². The van der Waals surface area contributed by atoms with Crippen LogP contribution in [0.1, 0.15) is 65.4 Å². The van der Waals surface area contributed by atoms with Gasteiger partial charge < -0.3 is 14.5 Å². The van der Waals surface area contributed by atoms with Crippen molar-refractivity contribution in [2.45, 2.75) is 39.0 Å². The van der Waals surface area contributed by atoms with Gasteiger partial charge in [0.05, 0.1) is 24.1 Å². The molecule has 1 aliphatic heterocycles. The highest BCUT2D eigenvalue weighted by Gasteiger charge is 2.37. The molecule has 0 saturated heterocycles. The van der Waals surface area contributed by atoms with E-state index in [9.17, 15) is 4.79 Å². The molecule has 0 atom stereocenters. The number of aliphatic imine (C=N–C) groups is 1. The molecule has 0 aromatic heterocycles. The standard InChI is InChI=1S/C31H35N3O2/c1-7-34-15-9-11-20-17-25-27(19-28(20)34)31(2,3)26-18-23(33(4)5)13-14-24(26)29(25)32-22-12-8-10-21(16-22)30(35)36-6/h8,10,12-14,16-19H,7,9,11,15H2,1-6H3. The Hall–Kier alpha value is -3.60. The van der Waals surface area contributed by atoms with E-state index >= 15 is 0 Å². The Balaban J connectivity index is 1.78. The minimum Gasteiger partial charge on any atom is -0.465 e. The Bertz CT molecular complexity index is 1370. The lowest BCUT2D eigenvalue weighted by molar-refractivity contribution is 0.0600. The van der Waals surface area contributed by atoms with Crippen LogP contribution in [0.3, 0.4) is 0 Å². The summed E-state index contributed by atoms with van der Waals surface area (Å²) >= 11 is 0. The van der Waals surface area contributed by atoms with Crippen molar-refractivity contribution in [3.8, 4) is 0 Å². The summed E-state index contributed by atoms with van der Waals surface area (Å²) in [7, 11) is 5.56. The highest BCUT2D eigenvalue weighted by atomic mass is 16.5. The number of benzene rings is 3. The van der Waals surface area contributed by atoms with Gasteiger partial charge >= 0.3 is 5.97 Å². The molecule has 0 amide bonds. The molecule has 0 radical (unpaired) electrons. The maximum atomic E-state index is 12.2. The Kier molecular flexibility index (Phi) is 6.11. The van der Waals surface area contributed by atoms with E-state index in [-0.39, 0.29) is 11.4 Å². The summed E-state index contributed by atoms with van der Waals surface area (Å²) in [5.74, 6) is -0.355. The molecule has 0 N–H and O–H groups in total. The fraction of sp³-hybridized carbons (Fsp3) is 0.355. The highest BCUT2D eigenvalue weighted by molar-refractivity contribution is 6.18. The van der Waals surface area contributed by atoms with Gasteiger partial charge in [-0.25, -0.2) is 9.79 Å². The van der Waals surface area contributed by atoms with E-state index in [2.05, 4.69) is 75.0 Å². The topological polar surface area (TPSA) is 45.1 Å². The first-order valence-corrected chi connectivity index (χ1v) is 12.8. The quantitative estimate of drug-likeness (QED) is 0.421. The molecule has 2 aliphatic rings. The molecule has 1 aliphatic carbocycles. The lowest BCUT2D eigenvalue weighted by atomic mass is 9.67. The van der Waals surface area contributed by atoms with Crippen molar-refractivity contribution in [3.05, 3.63) is 88.0 Å². The largest absolute Gasteiger partial charge is 0.465 e. The number of carbonyl (C=O) groups is 1. The molecular weight excluding hydrogens is 446 g/mol. The van der Waals surface area contributed by atoms with Gasteiger partial charge in [0, 0.05) is 55.1 Å². The summed E-state index contributed by atoms with van der Waals surface area (Å²) in [6.45, 7) is 8.99. The Morgan fingerprint density at radius 1 is 1.06 bits per heavy atom. The molecule has 186 valence electrons. The van der Waals surface area contributed by atoms with Crippen LogP contribution in [-0.2, 0) is 16.6 Å². The van der Waals surface area contributed by atoms with Crippen molar-refractivity contribution in [3.63, 3.8) is 0 Å². The molecule has 0 bridgehead atoms. The number of hydrogen-bond donors (Lipinski definition) is 0. The third kappa shape index (κ3) is 3.97. The number of fused-ring (bicyclic) bond motifs is 3. The third-order valence-electron chi connectivity index (χ3n) is 7.70. The Labute approximate surface area is 214 Å². The average Bonchev–Trinajstić information content (AvgIpc) is 2.89. The average molecular weight is 482 g/mol. The number of hydrogen-bond acceptors (Lipinski definition) is 5. The zero-order chi connectivity index (χ0) is 25.6. The molecule has 3 aromatic carbocycles. The first-order chi connectivity index (χ1) is 17.2. The van der Waals surface area contributed by atoms with Gasteiger partial charge in [-0.3, -0.25) is 0 Å². The van der Waals surface area contributed by atoms with Gasteiger partial charge in [-0.05, 0) is 78.9 Å². The first-order valence-electron chi connectivity index (χ1n) is 12.8. The van der Waals surface area contributed by atoms with Gasteiger partial charge in [0.2, 0.25) is 0 Å². The Morgan fingerprint density at radius 3 is 2.56 bits per heavy atom. The van der Waals surface area contributed by atoms with E-state index in [0.29, 0.717) is 5.56 Å². The predicted molar refractivity (Wildman–Crippen MR) is 149 cm³/mol. The fourth-order valence-corrected chi connectivity index (χ4v) is 5.64. The lowest BCUT2D eigenvalue weighted by Crippen LogP contribution is -2.34. The summed E-state index contributed by atoms with van der Waals surface area (Å²) in [4.78, 5) is 22.0. The van der Waals surface area contributed by atoms with Crippen LogP contribution in [0.2, 0.25) is 0 Å². The molecular formula is C31H35N3O2. The van der Waals surface area contributed by atoms with Gasteiger partial charge in [-0.2, -0.15) is 0 Å². The maximum absolute atomic E-state index is 12.2. The molecule has 5 rings (SSSR count). The monoisotopic (exact) mass is 481 g/mol. The second-order valence-electron chi connectivity index (χ2n) is 10.5. The van der Waals surface area contributed by atoms with E-state index in [1.165, 1.54) is 47.2 Å². The maximum Gasteiger partial charge on any atom is 0.337 e. The molecule has 0 unspecified atom stereocenters. The van der Waals surface area contributed by atoms with Crippen molar-refractivity contribution >= 4 is 28.7 Å².